The molecule has 0 spiro atoms. The van der Waals surface area contributed by atoms with E-state index in [9.17, 15) is 0 Å². The molecule has 0 radical (unpaired) electrons. The number of rotatable bonds is 3. The Kier molecular flexibility index (Phi) is 4.18. The molecular weight excluding hydrogens is 348 g/mol. The SMILES string of the molecule is c1ccc([C@@H]2C/C(=N\Nc3nncc4ccccc34)c3ccccc3O2)cc1. The summed E-state index contributed by atoms with van der Waals surface area (Å²) in [7, 11) is 0. The Balaban J connectivity index is 1.52. The predicted molar refractivity (Wildman–Crippen MR) is 111 cm³/mol. The largest absolute Gasteiger partial charge is 0.485 e. The lowest BCUT2D eigenvalue weighted by Gasteiger charge is -2.27. The highest BCUT2D eigenvalue weighted by molar-refractivity contribution is 6.04. The zero-order valence-electron chi connectivity index (χ0n) is 15.1. The summed E-state index contributed by atoms with van der Waals surface area (Å²) in [5, 5.41) is 15.0. The molecular formula is C23H18N4O. The molecule has 1 aromatic heterocycles. The Morgan fingerprint density at radius 1 is 0.893 bits per heavy atom. The molecule has 2 heterocycles. The summed E-state index contributed by atoms with van der Waals surface area (Å²) in [4.78, 5) is 0. The number of nitrogens with zero attached hydrogens (tertiary/aromatic N) is 3. The van der Waals surface area contributed by atoms with E-state index in [4.69, 9.17) is 9.84 Å². The van der Waals surface area contributed by atoms with Crippen LogP contribution in [0, 0.1) is 0 Å². The van der Waals surface area contributed by atoms with E-state index in [1.165, 1.54) is 0 Å². The second kappa shape index (κ2) is 7.12. The highest BCUT2D eigenvalue weighted by atomic mass is 16.5. The van der Waals surface area contributed by atoms with E-state index < -0.39 is 0 Å². The van der Waals surface area contributed by atoms with Gasteiger partial charge in [0.05, 0.1) is 11.9 Å². The number of hydrazone groups is 1. The quantitative estimate of drug-likeness (QED) is 0.520. The van der Waals surface area contributed by atoms with Gasteiger partial charge in [-0.2, -0.15) is 10.2 Å². The Hall–Kier alpha value is -3.73. The molecule has 0 saturated carbocycles. The van der Waals surface area contributed by atoms with Gasteiger partial charge >= 0.3 is 0 Å². The highest BCUT2D eigenvalue weighted by Gasteiger charge is 2.26. The van der Waals surface area contributed by atoms with Crippen LogP contribution < -0.4 is 10.2 Å². The second-order valence-corrected chi connectivity index (χ2v) is 6.67. The zero-order chi connectivity index (χ0) is 18.8. The molecule has 1 aliphatic rings. The molecule has 1 N–H and O–H groups in total. The molecule has 0 unspecified atom stereocenters. The fourth-order valence-corrected chi connectivity index (χ4v) is 3.48. The summed E-state index contributed by atoms with van der Waals surface area (Å²) in [6.07, 6.45) is 2.35. The van der Waals surface area contributed by atoms with E-state index in [0.29, 0.717) is 12.2 Å². The first-order valence-corrected chi connectivity index (χ1v) is 9.22. The lowest BCUT2D eigenvalue weighted by atomic mass is 9.96. The first-order chi connectivity index (χ1) is 13.9. The number of anilines is 1. The van der Waals surface area contributed by atoms with Crippen molar-refractivity contribution in [3.8, 4) is 5.75 Å². The molecule has 0 amide bonds. The molecule has 5 rings (SSSR count). The van der Waals surface area contributed by atoms with Crippen LogP contribution >= 0.6 is 0 Å². The lowest BCUT2D eigenvalue weighted by molar-refractivity contribution is 0.206. The van der Waals surface area contributed by atoms with Crippen molar-refractivity contribution in [1.29, 1.82) is 0 Å². The van der Waals surface area contributed by atoms with Gasteiger partial charge in [0.1, 0.15) is 11.9 Å². The van der Waals surface area contributed by atoms with E-state index in [1.807, 2.05) is 66.7 Å². The van der Waals surface area contributed by atoms with Crippen LogP contribution in [0.25, 0.3) is 10.8 Å². The molecule has 5 heteroatoms. The van der Waals surface area contributed by atoms with Gasteiger partial charge in [0.25, 0.3) is 0 Å². The summed E-state index contributed by atoms with van der Waals surface area (Å²) in [5.74, 6) is 1.48. The number of hydrogen-bond donors (Lipinski definition) is 1. The fraction of sp³-hybridized carbons (Fsp3) is 0.0870. The van der Waals surface area contributed by atoms with E-state index in [1.54, 1.807) is 6.20 Å². The molecule has 0 bridgehead atoms. The van der Waals surface area contributed by atoms with E-state index in [-0.39, 0.29) is 6.10 Å². The maximum atomic E-state index is 6.23. The van der Waals surface area contributed by atoms with Gasteiger partial charge in [-0.15, -0.1) is 5.10 Å². The summed E-state index contributed by atoms with van der Waals surface area (Å²) < 4.78 is 6.23. The van der Waals surface area contributed by atoms with Crippen molar-refractivity contribution in [2.45, 2.75) is 12.5 Å². The lowest BCUT2D eigenvalue weighted by Crippen LogP contribution is -2.22. The first kappa shape index (κ1) is 16.4. The molecule has 1 aliphatic heterocycles. The van der Waals surface area contributed by atoms with Crippen LogP contribution in [0.3, 0.4) is 0 Å². The van der Waals surface area contributed by atoms with Gasteiger partial charge in [-0.1, -0.05) is 66.7 Å². The van der Waals surface area contributed by atoms with Gasteiger partial charge in [-0.25, -0.2) is 0 Å². The third kappa shape index (κ3) is 3.07. The summed E-state index contributed by atoms with van der Waals surface area (Å²) in [5.41, 5.74) is 6.19. The molecule has 1 atom stereocenters. The number of ether oxygens (including phenoxy) is 1. The summed E-state index contributed by atoms with van der Waals surface area (Å²) in [6.45, 7) is 0. The topological polar surface area (TPSA) is 59.4 Å². The number of hydrogen-bond acceptors (Lipinski definition) is 5. The minimum atomic E-state index is -0.0738. The van der Waals surface area contributed by atoms with Crippen molar-refractivity contribution >= 4 is 22.3 Å². The molecule has 3 aromatic carbocycles. The third-order valence-electron chi connectivity index (χ3n) is 4.88. The molecule has 4 aromatic rings. The van der Waals surface area contributed by atoms with E-state index >= 15 is 0 Å². The average molecular weight is 366 g/mol. The van der Waals surface area contributed by atoms with Crippen LogP contribution in [0.2, 0.25) is 0 Å². The maximum absolute atomic E-state index is 6.23. The number of fused-ring (bicyclic) bond motifs is 2. The van der Waals surface area contributed by atoms with Crippen molar-refractivity contribution in [3.63, 3.8) is 0 Å². The number of aromatic nitrogens is 2. The number of para-hydroxylation sites is 1. The zero-order valence-corrected chi connectivity index (χ0v) is 15.1. The molecule has 28 heavy (non-hydrogen) atoms. The van der Waals surface area contributed by atoms with Gasteiger partial charge in [0, 0.05) is 22.8 Å². The van der Waals surface area contributed by atoms with Crippen LogP contribution in [0.5, 0.6) is 5.75 Å². The minimum Gasteiger partial charge on any atom is -0.485 e. The second-order valence-electron chi connectivity index (χ2n) is 6.67. The highest BCUT2D eigenvalue weighted by Crippen LogP contribution is 2.35. The molecule has 5 nitrogen and oxygen atoms in total. The normalized spacial score (nSPS) is 17.1. The van der Waals surface area contributed by atoms with Gasteiger partial charge < -0.3 is 4.74 Å². The molecule has 0 aliphatic carbocycles. The van der Waals surface area contributed by atoms with Crippen molar-refractivity contribution in [1.82, 2.24) is 10.2 Å². The Labute approximate surface area is 162 Å². The smallest absolute Gasteiger partial charge is 0.176 e. The van der Waals surface area contributed by atoms with Crippen molar-refractivity contribution in [2.24, 2.45) is 5.10 Å². The van der Waals surface area contributed by atoms with Gasteiger partial charge in [-0.05, 0) is 17.7 Å². The summed E-state index contributed by atoms with van der Waals surface area (Å²) in [6, 6.07) is 26.2. The monoisotopic (exact) mass is 366 g/mol. The van der Waals surface area contributed by atoms with Crippen LogP contribution in [0.15, 0.2) is 90.2 Å². The van der Waals surface area contributed by atoms with E-state index in [0.717, 1.165) is 33.4 Å². The molecule has 0 saturated heterocycles. The fourth-order valence-electron chi connectivity index (χ4n) is 3.48. The Bertz CT molecular complexity index is 1150. The van der Waals surface area contributed by atoms with E-state index in [2.05, 4.69) is 27.8 Å². The number of nitrogens with one attached hydrogen (secondary N) is 1. The maximum Gasteiger partial charge on any atom is 0.176 e. The third-order valence-corrected chi connectivity index (χ3v) is 4.88. The Morgan fingerprint density at radius 3 is 2.61 bits per heavy atom. The standard InChI is InChI=1S/C23H18N4O/c1-2-8-16(9-3-1)22-14-20(19-12-6-7-13-21(19)28-22)25-27-23-18-11-5-4-10-17(18)15-24-26-23/h1-13,15,22H,14H2,(H,26,27)/b25-20+/t22-/m0/s1. The number of benzene rings is 3. The van der Waals surface area contributed by atoms with Crippen LogP contribution in [-0.2, 0) is 0 Å². The Morgan fingerprint density at radius 2 is 1.68 bits per heavy atom. The summed E-state index contributed by atoms with van der Waals surface area (Å²) >= 11 is 0. The van der Waals surface area contributed by atoms with Crippen molar-refractivity contribution < 1.29 is 4.74 Å². The minimum absolute atomic E-state index is 0.0738. The van der Waals surface area contributed by atoms with Crippen LogP contribution in [0.1, 0.15) is 23.7 Å². The first-order valence-electron chi connectivity index (χ1n) is 9.22. The van der Waals surface area contributed by atoms with Gasteiger partial charge in [-0.3, -0.25) is 5.43 Å². The van der Waals surface area contributed by atoms with Gasteiger partial charge in [0.15, 0.2) is 5.82 Å². The predicted octanol–water partition coefficient (Wildman–Crippen LogP) is 4.97. The molecule has 0 fully saturated rings. The van der Waals surface area contributed by atoms with Gasteiger partial charge in [0.2, 0.25) is 0 Å². The van der Waals surface area contributed by atoms with Crippen LogP contribution in [0.4, 0.5) is 5.82 Å². The van der Waals surface area contributed by atoms with Crippen molar-refractivity contribution in [2.75, 3.05) is 5.43 Å². The van der Waals surface area contributed by atoms with Crippen LogP contribution in [-0.4, -0.2) is 15.9 Å². The average Bonchev–Trinajstić information content (AvgIpc) is 2.78. The molecule has 136 valence electrons. The van der Waals surface area contributed by atoms with Crippen molar-refractivity contribution in [3.05, 3.63) is 96.2 Å².